The molecule has 3 rings (SSSR count). The molecule has 7 nitrogen and oxygen atoms in total. The molecule has 0 saturated carbocycles. The second kappa shape index (κ2) is 13.1. The number of rotatable bonds is 12. The summed E-state index contributed by atoms with van der Waals surface area (Å²) in [6, 6.07) is 18.2. The lowest BCUT2D eigenvalue weighted by atomic mass is 10.00. The van der Waals surface area contributed by atoms with Gasteiger partial charge in [0, 0.05) is 29.8 Å². The summed E-state index contributed by atoms with van der Waals surface area (Å²) in [5, 5.41) is 8.53. The Kier molecular flexibility index (Phi) is 9.66. The fraction of sp³-hybridized carbons (Fsp3) is 0.207. The van der Waals surface area contributed by atoms with Gasteiger partial charge in [-0.3, -0.25) is 0 Å². The first-order valence-corrected chi connectivity index (χ1v) is 11.8. The summed E-state index contributed by atoms with van der Waals surface area (Å²) in [7, 11) is 0. The SMILES string of the molecule is [CH2]C(COC(=O)/C=C/c1ccc(C(F)(F)Oc2ccc(OCCCC#N)cc2)cc1)c1ccc(N)cc1N. The van der Waals surface area contributed by atoms with E-state index in [0.717, 1.165) is 0 Å². The standard InChI is InChI=1S/C29H28F2N3O4/c1-20(26-14-9-23(33)18-27(26)34)19-37-28(35)15-6-21-4-7-22(8-5-21)29(30,31)38-25-12-10-24(11-13-25)36-17-3-2-16-32/h4-15,18,20H,1-3,17,19,33-34H2/b15-6+. The molecule has 0 aromatic heterocycles. The Morgan fingerprint density at radius 1 is 1.05 bits per heavy atom. The summed E-state index contributed by atoms with van der Waals surface area (Å²) in [5.74, 6) is -0.528. The lowest BCUT2D eigenvalue weighted by Crippen LogP contribution is -2.21. The maximum absolute atomic E-state index is 14.6. The summed E-state index contributed by atoms with van der Waals surface area (Å²) in [5.41, 5.74) is 13.5. The minimum Gasteiger partial charge on any atom is -0.494 e. The highest BCUT2D eigenvalue weighted by Crippen LogP contribution is 2.32. The number of unbranched alkanes of at least 4 members (excludes halogenated alkanes) is 1. The number of hydrogen-bond donors (Lipinski definition) is 2. The molecular weight excluding hydrogens is 492 g/mol. The van der Waals surface area contributed by atoms with Crippen molar-refractivity contribution in [2.75, 3.05) is 24.7 Å². The number of alkyl halides is 2. The number of anilines is 2. The van der Waals surface area contributed by atoms with Gasteiger partial charge < -0.3 is 25.7 Å². The van der Waals surface area contributed by atoms with Gasteiger partial charge in [0.15, 0.2) is 0 Å². The van der Waals surface area contributed by atoms with E-state index in [1.807, 2.05) is 6.07 Å². The third-order valence-electron chi connectivity index (χ3n) is 5.41. The number of halogens is 2. The molecule has 0 fully saturated rings. The highest BCUT2D eigenvalue weighted by molar-refractivity contribution is 5.87. The molecule has 1 unspecified atom stereocenters. The van der Waals surface area contributed by atoms with E-state index in [1.54, 1.807) is 18.2 Å². The smallest absolute Gasteiger partial charge is 0.426 e. The van der Waals surface area contributed by atoms with Gasteiger partial charge in [-0.15, -0.1) is 0 Å². The molecule has 0 aliphatic heterocycles. The zero-order valence-corrected chi connectivity index (χ0v) is 20.6. The van der Waals surface area contributed by atoms with Crippen LogP contribution in [-0.2, 0) is 15.6 Å². The van der Waals surface area contributed by atoms with Gasteiger partial charge in [-0.05, 0) is 79.1 Å². The third kappa shape index (κ3) is 8.23. The van der Waals surface area contributed by atoms with Crippen molar-refractivity contribution in [2.24, 2.45) is 0 Å². The number of esters is 1. The van der Waals surface area contributed by atoms with Crippen LogP contribution in [0.25, 0.3) is 6.08 Å². The number of carbonyl (C=O) groups is 1. The Labute approximate surface area is 220 Å². The largest absolute Gasteiger partial charge is 0.494 e. The van der Waals surface area contributed by atoms with Crippen LogP contribution in [0.5, 0.6) is 11.5 Å². The zero-order valence-electron chi connectivity index (χ0n) is 20.6. The summed E-state index contributed by atoms with van der Waals surface area (Å²) in [6.07, 6.45) is 0.0342. The molecule has 0 spiro atoms. The van der Waals surface area contributed by atoms with E-state index in [2.05, 4.69) is 6.92 Å². The minimum atomic E-state index is -3.58. The van der Waals surface area contributed by atoms with Crippen LogP contribution in [0.2, 0.25) is 0 Å². The van der Waals surface area contributed by atoms with Crippen LogP contribution in [0.15, 0.2) is 72.8 Å². The van der Waals surface area contributed by atoms with Crippen molar-refractivity contribution in [3.8, 4) is 17.6 Å². The second-order valence-corrected chi connectivity index (χ2v) is 8.37. The molecule has 0 aliphatic carbocycles. The predicted octanol–water partition coefficient (Wildman–Crippen LogP) is 5.84. The Bertz CT molecular complexity index is 1290. The molecule has 4 N–H and O–H groups in total. The molecule has 0 aliphatic rings. The first-order valence-electron chi connectivity index (χ1n) is 11.8. The minimum absolute atomic E-state index is 0.00802. The van der Waals surface area contributed by atoms with Gasteiger partial charge in [0.05, 0.1) is 24.8 Å². The van der Waals surface area contributed by atoms with Crippen LogP contribution in [0.1, 0.15) is 35.4 Å². The van der Waals surface area contributed by atoms with E-state index in [0.29, 0.717) is 47.7 Å². The first-order chi connectivity index (χ1) is 18.2. The Morgan fingerprint density at radius 3 is 2.39 bits per heavy atom. The predicted molar refractivity (Wildman–Crippen MR) is 141 cm³/mol. The molecule has 3 aromatic carbocycles. The molecule has 0 saturated heterocycles. The van der Waals surface area contributed by atoms with Gasteiger partial charge in [-0.1, -0.05) is 18.2 Å². The molecule has 1 atom stereocenters. The van der Waals surface area contributed by atoms with Crippen molar-refractivity contribution in [2.45, 2.75) is 24.9 Å². The number of nitrogens with two attached hydrogens (primary N) is 2. The number of benzene rings is 3. The van der Waals surface area contributed by atoms with Crippen LogP contribution in [0.3, 0.4) is 0 Å². The van der Waals surface area contributed by atoms with Gasteiger partial charge in [0.1, 0.15) is 11.5 Å². The topological polar surface area (TPSA) is 121 Å². The third-order valence-corrected chi connectivity index (χ3v) is 5.41. The molecule has 197 valence electrons. The van der Waals surface area contributed by atoms with Gasteiger partial charge in [-0.25, -0.2) is 4.79 Å². The maximum Gasteiger partial charge on any atom is 0.426 e. The number of nitriles is 1. The van der Waals surface area contributed by atoms with Gasteiger partial charge in [0.2, 0.25) is 0 Å². The van der Waals surface area contributed by atoms with E-state index in [4.69, 9.17) is 30.9 Å². The fourth-order valence-electron chi connectivity index (χ4n) is 3.39. The number of nitrogens with zero attached hydrogens (tertiary/aromatic N) is 1. The van der Waals surface area contributed by atoms with Gasteiger partial charge in [-0.2, -0.15) is 14.0 Å². The van der Waals surface area contributed by atoms with Crippen molar-refractivity contribution < 1.29 is 27.8 Å². The van der Waals surface area contributed by atoms with Crippen LogP contribution < -0.4 is 20.9 Å². The van der Waals surface area contributed by atoms with Gasteiger partial charge >= 0.3 is 12.1 Å². The Morgan fingerprint density at radius 2 is 1.74 bits per heavy atom. The van der Waals surface area contributed by atoms with Crippen LogP contribution in [0, 0.1) is 18.3 Å². The van der Waals surface area contributed by atoms with E-state index in [1.165, 1.54) is 60.7 Å². The highest BCUT2D eigenvalue weighted by atomic mass is 19.3. The Hall–Kier alpha value is -4.58. The van der Waals surface area contributed by atoms with Crippen LogP contribution in [0.4, 0.5) is 20.2 Å². The average Bonchev–Trinajstić information content (AvgIpc) is 2.89. The van der Waals surface area contributed by atoms with Crippen molar-refractivity contribution in [3.63, 3.8) is 0 Å². The summed E-state index contributed by atoms with van der Waals surface area (Å²) in [4.78, 5) is 12.1. The van der Waals surface area contributed by atoms with E-state index in [9.17, 15) is 13.6 Å². The fourth-order valence-corrected chi connectivity index (χ4v) is 3.39. The monoisotopic (exact) mass is 520 g/mol. The molecule has 0 heterocycles. The van der Waals surface area contributed by atoms with Crippen molar-refractivity contribution in [3.05, 3.63) is 96.4 Å². The van der Waals surface area contributed by atoms with E-state index in [-0.39, 0.29) is 23.8 Å². The maximum atomic E-state index is 14.6. The van der Waals surface area contributed by atoms with E-state index >= 15 is 0 Å². The molecule has 3 aromatic rings. The van der Waals surface area contributed by atoms with Crippen LogP contribution >= 0.6 is 0 Å². The summed E-state index contributed by atoms with van der Waals surface area (Å²) < 4.78 is 44.8. The molecule has 38 heavy (non-hydrogen) atoms. The van der Waals surface area contributed by atoms with Gasteiger partial charge in [0.25, 0.3) is 0 Å². The highest BCUT2D eigenvalue weighted by Gasteiger charge is 2.34. The number of carbonyl (C=O) groups excluding carboxylic acids is 1. The number of nitrogen functional groups attached to an aromatic ring is 2. The molecule has 1 radical (unpaired) electrons. The van der Waals surface area contributed by atoms with Crippen molar-refractivity contribution >= 4 is 23.4 Å². The molecule has 0 amide bonds. The molecule has 9 heteroatoms. The average molecular weight is 521 g/mol. The molecule has 0 bridgehead atoms. The Balaban J connectivity index is 1.51. The lowest BCUT2D eigenvalue weighted by molar-refractivity contribution is -0.185. The quantitative estimate of drug-likeness (QED) is 0.133. The van der Waals surface area contributed by atoms with E-state index < -0.39 is 12.1 Å². The van der Waals surface area contributed by atoms with Crippen molar-refractivity contribution in [1.29, 1.82) is 5.26 Å². The second-order valence-electron chi connectivity index (χ2n) is 8.37. The van der Waals surface area contributed by atoms with Crippen LogP contribution in [-0.4, -0.2) is 19.2 Å². The normalized spacial score (nSPS) is 12.1. The summed E-state index contributed by atoms with van der Waals surface area (Å²) >= 11 is 0. The zero-order chi connectivity index (χ0) is 27.5. The summed E-state index contributed by atoms with van der Waals surface area (Å²) in [6.45, 7) is 4.32. The number of hydrogen-bond acceptors (Lipinski definition) is 7. The number of ether oxygens (including phenoxy) is 3. The molecular formula is C29H28F2N3O4. The first kappa shape index (κ1) is 28.0. The lowest BCUT2D eigenvalue weighted by Gasteiger charge is -2.18. The van der Waals surface area contributed by atoms with Crippen molar-refractivity contribution in [1.82, 2.24) is 0 Å².